The van der Waals surface area contributed by atoms with Gasteiger partial charge in [0.05, 0.1) is 18.3 Å². The monoisotopic (exact) mass is 774 g/mol. The van der Waals surface area contributed by atoms with Crippen molar-refractivity contribution in [2.24, 2.45) is 0 Å². The number of aromatic nitrogens is 3. The number of imide groups is 1. The molecule has 0 bridgehead atoms. The van der Waals surface area contributed by atoms with Crippen LogP contribution in [-0.2, 0) is 20.6 Å². The first-order valence-corrected chi connectivity index (χ1v) is 19.0. The van der Waals surface area contributed by atoms with Crippen molar-refractivity contribution >= 4 is 40.7 Å². The Morgan fingerprint density at radius 3 is 2.32 bits per heavy atom. The summed E-state index contributed by atoms with van der Waals surface area (Å²) in [5, 5.41) is 8.25. The van der Waals surface area contributed by atoms with Crippen LogP contribution in [0.3, 0.4) is 0 Å². The maximum atomic E-state index is 13.4. The second-order valence-corrected chi connectivity index (χ2v) is 15.0. The molecule has 3 saturated heterocycles. The molecule has 3 fully saturated rings. The first-order chi connectivity index (χ1) is 26.8. The van der Waals surface area contributed by atoms with Gasteiger partial charge in [-0.25, -0.2) is 9.97 Å². The molecule has 3 aliphatic rings. The molecule has 0 aliphatic carbocycles. The van der Waals surface area contributed by atoms with Crippen LogP contribution >= 0.6 is 0 Å². The lowest BCUT2D eigenvalue weighted by Gasteiger charge is -2.35. The zero-order chi connectivity index (χ0) is 39.6. The number of pyridine rings is 2. The van der Waals surface area contributed by atoms with Crippen molar-refractivity contribution in [1.29, 1.82) is 0 Å². The van der Waals surface area contributed by atoms with Gasteiger partial charge in [-0.1, -0.05) is 18.2 Å². The van der Waals surface area contributed by atoms with Crippen molar-refractivity contribution in [2.75, 3.05) is 43.4 Å². The third-order valence-corrected chi connectivity index (χ3v) is 10.6. The quantitative estimate of drug-likeness (QED) is 0.175. The fourth-order valence-electron chi connectivity index (χ4n) is 7.61. The molecule has 4 aromatic rings. The van der Waals surface area contributed by atoms with Gasteiger partial charge in [-0.15, -0.1) is 0 Å². The molecule has 1 unspecified atom stereocenters. The summed E-state index contributed by atoms with van der Waals surface area (Å²) in [7, 11) is 0. The number of carbonyl (C=O) groups is 4. The molecule has 4 amide bonds. The number of likely N-dealkylation sites (tertiary alicyclic amines) is 2. The average Bonchev–Trinajstić information content (AvgIpc) is 3.59. The molecule has 296 valence electrons. The molecule has 56 heavy (non-hydrogen) atoms. The van der Waals surface area contributed by atoms with E-state index in [1.54, 1.807) is 16.7 Å². The number of rotatable bonds is 10. The number of nitrogens with zero attached hydrogens (tertiary/aromatic N) is 5. The second kappa shape index (κ2) is 16.3. The van der Waals surface area contributed by atoms with E-state index in [-0.39, 0.29) is 41.1 Å². The van der Waals surface area contributed by atoms with E-state index in [0.717, 1.165) is 62.3 Å². The first-order valence-electron chi connectivity index (χ1n) is 19.0. The Hall–Kier alpha value is -5.51. The standard InChI is InChI=1S/C40H45F3N8O5/c1-24(2)56-33-20-35-46-31(21-51(35)22-32(33)47-38(54)29-4-3-5-34(45-29)40(41,42)43)27-14-18-50(19-15-27)37(53)23-49-16-12-26(13-17-49)25-6-8-28(9-7-25)44-30-10-11-36(52)48-39(30)55/h3-9,20-22,24,26-27,30,44H,10-19,23H2,1-2H3,(H,47,54)(H,48,52,55). The van der Waals surface area contributed by atoms with E-state index in [2.05, 4.69) is 38.0 Å². The summed E-state index contributed by atoms with van der Waals surface area (Å²) in [4.78, 5) is 62.4. The summed E-state index contributed by atoms with van der Waals surface area (Å²) in [6.45, 7) is 6.90. The van der Waals surface area contributed by atoms with Crippen LogP contribution < -0.4 is 20.7 Å². The van der Waals surface area contributed by atoms with Crippen molar-refractivity contribution < 1.29 is 37.1 Å². The first kappa shape index (κ1) is 38.8. The van der Waals surface area contributed by atoms with Gasteiger partial charge in [-0.2, -0.15) is 13.2 Å². The largest absolute Gasteiger partial charge is 0.489 e. The number of fused-ring (bicyclic) bond motifs is 1. The minimum atomic E-state index is -4.69. The van der Waals surface area contributed by atoms with Crippen LogP contribution in [0.15, 0.2) is 60.9 Å². The molecule has 16 heteroatoms. The summed E-state index contributed by atoms with van der Waals surface area (Å²) in [5.74, 6) is -0.392. The number of nitrogens with one attached hydrogen (secondary N) is 3. The molecule has 0 spiro atoms. The second-order valence-electron chi connectivity index (χ2n) is 15.0. The average molecular weight is 775 g/mol. The Morgan fingerprint density at radius 2 is 1.64 bits per heavy atom. The van der Waals surface area contributed by atoms with Crippen LogP contribution in [0.1, 0.15) is 91.6 Å². The molecule has 3 N–H and O–H groups in total. The molecule has 7 rings (SSSR count). The van der Waals surface area contributed by atoms with Crippen LogP contribution in [-0.4, -0.2) is 92.7 Å². The Kier molecular flexibility index (Phi) is 11.3. The van der Waals surface area contributed by atoms with Gasteiger partial charge in [0.15, 0.2) is 0 Å². The fourth-order valence-corrected chi connectivity index (χ4v) is 7.61. The molecule has 1 atom stereocenters. The third kappa shape index (κ3) is 9.12. The van der Waals surface area contributed by atoms with E-state index >= 15 is 0 Å². The van der Waals surface area contributed by atoms with Crippen LogP contribution in [0.4, 0.5) is 24.5 Å². The Morgan fingerprint density at radius 1 is 0.929 bits per heavy atom. The SMILES string of the molecule is CC(C)Oc1cc2nc(C3CCN(C(=O)CN4CCC(c5ccc(NC6CCC(=O)NC6=O)cc5)CC4)CC3)cn2cc1NC(=O)c1cccc(C(F)(F)F)n1. The van der Waals surface area contributed by atoms with Crippen LogP contribution in [0, 0.1) is 0 Å². The highest BCUT2D eigenvalue weighted by Crippen LogP contribution is 2.34. The van der Waals surface area contributed by atoms with Crippen molar-refractivity contribution in [3.8, 4) is 5.75 Å². The van der Waals surface area contributed by atoms with E-state index in [4.69, 9.17) is 9.72 Å². The molecule has 0 saturated carbocycles. The summed E-state index contributed by atoms with van der Waals surface area (Å²) < 4.78 is 47.4. The summed E-state index contributed by atoms with van der Waals surface area (Å²) in [5.41, 5.74) is 2.24. The molecular formula is C40H45F3N8O5. The number of hydrogen-bond donors (Lipinski definition) is 3. The molecule has 1 aromatic carbocycles. The van der Waals surface area contributed by atoms with E-state index < -0.39 is 23.8 Å². The van der Waals surface area contributed by atoms with Crippen molar-refractivity contribution in [1.82, 2.24) is 29.5 Å². The summed E-state index contributed by atoms with van der Waals surface area (Å²) >= 11 is 0. The molecule has 6 heterocycles. The number of hydrogen-bond acceptors (Lipinski definition) is 9. The third-order valence-electron chi connectivity index (χ3n) is 10.6. The van der Waals surface area contributed by atoms with Crippen LogP contribution in [0.5, 0.6) is 5.75 Å². The van der Waals surface area contributed by atoms with Crippen LogP contribution in [0.25, 0.3) is 5.65 Å². The zero-order valence-corrected chi connectivity index (χ0v) is 31.3. The van der Waals surface area contributed by atoms with E-state index in [9.17, 15) is 32.3 Å². The van der Waals surface area contributed by atoms with Gasteiger partial charge in [0.1, 0.15) is 34.5 Å². The number of amides is 4. The smallest absolute Gasteiger partial charge is 0.433 e. The maximum Gasteiger partial charge on any atom is 0.433 e. The van der Waals surface area contributed by atoms with E-state index in [1.165, 1.54) is 11.6 Å². The highest BCUT2D eigenvalue weighted by molar-refractivity contribution is 6.04. The van der Waals surface area contributed by atoms with Gasteiger partial charge in [-0.05, 0) is 94.8 Å². The number of piperidine rings is 3. The highest BCUT2D eigenvalue weighted by atomic mass is 19.4. The lowest BCUT2D eigenvalue weighted by molar-refractivity contribution is -0.141. The maximum absolute atomic E-state index is 13.4. The molecular weight excluding hydrogens is 729 g/mol. The van der Waals surface area contributed by atoms with E-state index in [0.29, 0.717) is 49.8 Å². The van der Waals surface area contributed by atoms with Gasteiger partial charge in [0.2, 0.25) is 17.7 Å². The number of imidazole rings is 1. The molecule has 3 aliphatic heterocycles. The number of halogens is 3. The lowest BCUT2D eigenvalue weighted by Crippen LogP contribution is -2.47. The minimum absolute atomic E-state index is 0.113. The predicted molar refractivity (Wildman–Crippen MR) is 201 cm³/mol. The van der Waals surface area contributed by atoms with Gasteiger partial charge in [0, 0.05) is 49.6 Å². The van der Waals surface area contributed by atoms with Crippen molar-refractivity contribution in [2.45, 2.75) is 82.5 Å². The van der Waals surface area contributed by atoms with Crippen molar-refractivity contribution in [3.05, 3.63) is 83.6 Å². The number of alkyl halides is 3. The number of benzene rings is 1. The van der Waals surface area contributed by atoms with Crippen LogP contribution in [0.2, 0.25) is 0 Å². The number of ether oxygens (including phenoxy) is 1. The highest BCUT2D eigenvalue weighted by Gasteiger charge is 2.33. The van der Waals surface area contributed by atoms with Gasteiger partial charge < -0.3 is 24.7 Å². The van der Waals surface area contributed by atoms with E-state index in [1.807, 2.05) is 37.1 Å². The van der Waals surface area contributed by atoms with Gasteiger partial charge in [-0.3, -0.25) is 29.4 Å². The molecule has 3 aromatic heterocycles. The summed E-state index contributed by atoms with van der Waals surface area (Å²) in [6.07, 6.45) is 2.75. The normalized spacial score (nSPS) is 19.0. The molecule has 0 radical (unpaired) electrons. The topological polar surface area (TPSA) is 150 Å². The molecule has 13 nitrogen and oxygen atoms in total. The predicted octanol–water partition coefficient (Wildman–Crippen LogP) is 5.59. The Bertz CT molecular complexity index is 2090. The minimum Gasteiger partial charge on any atom is -0.489 e. The van der Waals surface area contributed by atoms with Gasteiger partial charge >= 0.3 is 6.18 Å². The van der Waals surface area contributed by atoms with Gasteiger partial charge in [0.25, 0.3) is 5.91 Å². The van der Waals surface area contributed by atoms with Crippen molar-refractivity contribution in [3.63, 3.8) is 0 Å². The lowest BCUT2D eigenvalue weighted by atomic mass is 9.89. The fraction of sp³-hybridized carbons (Fsp3) is 0.450. The Labute approximate surface area is 322 Å². The zero-order valence-electron chi connectivity index (χ0n) is 31.3. The number of anilines is 2. The summed E-state index contributed by atoms with van der Waals surface area (Å²) in [6, 6.07) is 12.6. The number of carbonyl (C=O) groups excluding carboxylic acids is 4. The Balaban J connectivity index is 0.907.